The van der Waals surface area contributed by atoms with Gasteiger partial charge >= 0.3 is 6.09 Å². The number of carbonyl (C=O) groups is 1. The van der Waals surface area contributed by atoms with E-state index in [0.717, 1.165) is 36.8 Å². The Morgan fingerprint density at radius 1 is 1.15 bits per heavy atom. The van der Waals surface area contributed by atoms with Crippen LogP contribution in [-0.2, 0) is 17.4 Å². The van der Waals surface area contributed by atoms with Gasteiger partial charge in [0.2, 0.25) is 5.89 Å². The molecule has 0 spiro atoms. The SMILES string of the molecule is CC(C)(C)c1cnc(C2(NC(C(O)C(Cc3cc(F)cc(F)c3)NC(=O)O)C(C)(C)C)CC2)o1. The van der Waals surface area contributed by atoms with Crippen LogP contribution in [0.2, 0.25) is 0 Å². The predicted octanol–water partition coefficient (Wildman–Crippen LogP) is 4.48. The number of benzene rings is 1. The average molecular weight is 480 g/mol. The number of aromatic nitrogens is 1. The summed E-state index contributed by atoms with van der Waals surface area (Å²) >= 11 is 0. The highest BCUT2D eigenvalue weighted by molar-refractivity contribution is 5.65. The third kappa shape index (κ3) is 6.13. The lowest BCUT2D eigenvalue weighted by molar-refractivity contribution is 0.0301. The van der Waals surface area contributed by atoms with Gasteiger partial charge in [0.15, 0.2) is 0 Å². The van der Waals surface area contributed by atoms with Gasteiger partial charge in [0.05, 0.1) is 23.9 Å². The Hall–Kier alpha value is -2.52. The van der Waals surface area contributed by atoms with Crippen LogP contribution in [0.25, 0.3) is 0 Å². The number of carboxylic acid groups (broad SMARTS) is 1. The molecule has 0 radical (unpaired) electrons. The summed E-state index contributed by atoms with van der Waals surface area (Å²) in [7, 11) is 0. The van der Waals surface area contributed by atoms with E-state index in [1.54, 1.807) is 6.20 Å². The summed E-state index contributed by atoms with van der Waals surface area (Å²) in [6.45, 7) is 11.9. The molecule has 1 aliphatic rings. The topological polar surface area (TPSA) is 108 Å². The smallest absolute Gasteiger partial charge is 0.404 e. The van der Waals surface area contributed by atoms with Crippen LogP contribution >= 0.6 is 0 Å². The molecule has 34 heavy (non-hydrogen) atoms. The first-order valence-corrected chi connectivity index (χ1v) is 11.5. The van der Waals surface area contributed by atoms with Crippen molar-refractivity contribution >= 4 is 6.09 Å². The van der Waals surface area contributed by atoms with Crippen molar-refractivity contribution in [3.63, 3.8) is 0 Å². The molecular formula is C25H35F2N3O4. The Labute approximate surface area is 199 Å². The van der Waals surface area contributed by atoms with Gasteiger partial charge in [0.25, 0.3) is 0 Å². The summed E-state index contributed by atoms with van der Waals surface area (Å²) in [5.41, 5.74) is -1.03. The molecule has 2 aromatic rings. The van der Waals surface area contributed by atoms with E-state index in [1.165, 1.54) is 0 Å². The first kappa shape index (κ1) is 26.1. The molecule has 1 amide bonds. The first-order chi connectivity index (χ1) is 15.6. The number of nitrogens with zero attached hydrogens (tertiary/aromatic N) is 1. The van der Waals surface area contributed by atoms with E-state index in [-0.39, 0.29) is 17.4 Å². The van der Waals surface area contributed by atoms with Crippen LogP contribution in [0.5, 0.6) is 0 Å². The van der Waals surface area contributed by atoms with Gasteiger partial charge in [0.1, 0.15) is 17.4 Å². The zero-order valence-corrected chi connectivity index (χ0v) is 20.6. The largest absolute Gasteiger partial charge is 0.465 e. The fraction of sp³-hybridized carbons (Fsp3) is 0.600. The lowest BCUT2D eigenvalue weighted by Crippen LogP contribution is -2.60. The number of aliphatic hydroxyl groups excluding tert-OH is 1. The maximum Gasteiger partial charge on any atom is 0.404 e. The Morgan fingerprint density at radius 2 is 1.74 bits per heavy atom. The Bertz CT molecular complexity index is 1000. The van der Waals surface area contributed by atoms with Gasteiger partial charge in [-0.1, -0.05) is 41.5 Å². The van der Waals surface area contributed by atoms with Crippen molar-refractivity contribution in [2.45, 2.75) is 89.9 Å². The van der Waals surface area contributed by atoms with Crippen molar-refractivity contribution in [3.05, 3.63) is 53.2 Å². The number of rotatable bonds is 8. The molecule has 0 aliphatic heterocycles. The van der Waals surface area contributed by atoms with Crippen LogP contribution < -0.4 is 10.6 Å². The summed E-state index contributed by atoms with van der Waals surface area (Å²) in [4.78, 5) is 16.0. The van der Waals surface area contributed by atoms with Crippen LogP contribution in [0, 0.1) is 17.0 Å². The van der Waals surface area contributed by atoms with E-state index in [1.807, 2.05) is 41.5 Å². The van der Waals surface area contributed by atoms with Gasteiger partial charge in [-0.15, -0.1) is 0 Å². The number of hydrogen-bond acceptors (Lipinski definition) is 5. The highest BCUT2D eigenvalue weighted by atomic mass is 19.1. The molecule has 9 heteroatoms. The molecule has 1 fully saturated rings. The van der Waals surface area contributed by atoms with Gasteiger partial charge in [-0.25, -0.2) is 18.6 Å². The van der Waals surface area contributed by atoms with Crippen LogP contribution in [0.15, 0.2) is 28.8 Å². The third-order valence-corrected chi connectivity index (χ3v) is 6.21. The maximum absolute atomic E-state index is 13.7. The van der Waals surface area contributed by atoms with Crippen LogP contribution in [0.4, 0.5) is 13.6 Å². The standard InChI is InChI=1S/C25H35F2N3O4/c1-23(2,3)18-13-28-21(34-18)25(7-8-25)30-20(24(4,5)6)19(31)17(29-22(32)33)11-14-9-15(26)12-16(27)10-14/h9-10,12-13,17,19-20,29-31H,7-8,11H2,1-6H3,(H,32,33). The van der Waals surface area contributed by atoms with E-state index in [0.29, 0.717) is 5.89 Å². The molecule has 0 saturated heterocycles. The van der Waals surface area contributed by atoms with E-state index in [9.17, 15) is 23.8 Å². The minimum Gasteiger partial charge on any atom is -0.465 e. The van der Waals surface area contributed by atoms with Crippen molar-refractivity contribution in [2.24, 2.45) is 5.41 Å². The minimum absolute atomic E-state index is 0.0867. The van der Waals surface area contributed by atoms with E-state index < -0.39 is 46.9 Å². The number of oxazole rings is 1. The van der Waals surface area contributed by atoms with Gasteiger partial charge in [0, 0.05) is 17.5 Å². The van der Waals surface area contributed by atoms with Crippen LogP contribution in [0.1, 0.15) is 71.6 Å². The zero-order chi connectivity index (χ0) is 25.5. The normalized spacial score (nSPS) is 18.3. The molecule has 4 N–H and O–H groups in total. The highest BCUT2D eigenvalue weighted by Crippen LogP contribution is 2.47. The Morgan fingerprint density at radius 3 is 2.18 bits per heavy atom. The predicted molar refractivity (Wildman–Crippen MR) is 124 cm³/mol. The lowest BCUT2D eigenvalue weighted by atomic mass is 9.79. The molecule has 1 aromatic carbocycles. The number of aliphatic hydroxyl groups is 1. The van der Waals surface area contributed by atoms with Gasteiger partial charge in [-0.2, -0.15) is 0 Å². The molecule has 1 saturated carbocycles. The fourth-order valence-electron chi connectivity index (χ4n) is 4.13. The van der Waals surface area contributed by atoms with Crippen molar-refractivity contribution < 1.29 is 28.2 Å². The van der Waals surface area contributed by atoms with Crippen molar-refractivity contribution in [1.29, 1.82) is 0 Å². The van der Waals surface area contributed by atoms with E-state index in [2.05, 4.69) is 15.6 Å². The first-order valence-electron chi connectivity index (χ1n) is 11.5. The van der Waals surface area contributed by atoms with Crippen molar-refractivity contribution in [1.82, 2.24) is 15.6 Å². The molecule has 7 nitrogen and oxygen atoms in total. The van der Waals surface area contributed by atoms with Gasteiger partial charge in [-0.05, 0) is 42.4 Å². The third-order valence-electron chi connectivity index (χ3n) is 6.21. The summed E-state index contributed by atoms with van der Waals surface area (Å²) in [5.74, 6) is -0.241. The molecule has 1 heterocycles. The summed E-state index contributed by atoms with van der Waals surface area (Å²) in [6.07, 6.45) is 0.586. The van der Waals surface area contributed by atoms with E-state index in [4.69, 9.17) is 4.42 Å². The molecule has 1 aliphatic carbocycles. The zero-order valence-electron chi connectivity index (χ0n) is 20.6. The second-order valence-electron chi connectivity index (χ2n) is 11.4. The summed E-state index contributed by atoms with van der Waals surface area (Å²) < 4.78 is 33.5. The second kappa shape index (κ2) is 9.26. The number of amides is 1. The molecule has 0 bridgehead atoms. The maximum atomic E-state index is 13.7. The molecule has 188 valence electrons. The Balaban J connectivity index is 1.89. The lowest BCUT2D eigenvalue weighted by Gasteiger charge is -2.40. The van der Waals surface area contributed by atoms with Gasteiger partial charge in [-0.3, -0.25) is 5.32 Å². The average Bonchev–Trinajstić information content (AvgIpc) is 3.26. The quantitative estimate of drug-likeness (QED) is 0.445. The van der Waals surface area contributed by atoms with E-state index >= 15 is 0 Å². The minimum atomic E-state index is -1.34. The molecule has 1 aromatic heterocycles. The Kier molecular flexibility index (Phi) is 7.11. The fourth-order valence-corrected chi connectivity index (χ4v) is 4.13. The molecular weight excluding hydrogens is 444 g/mol. The molecule has 3 unspecified atom stereocenters. The molecule has 3 atom stereocenters. The van der Waals surface area contributed by atoms with Crippen LogP contribution in [-0.4, -0.2) is 39.5 Å². The monoisotopic (exact) mass is 479 g/mol. The highest BCUT2D eigenvalue weighted by Gasteiger charge is 2.53. The molecule has 3 rings (SSSR count). The number of hydrogen-bond donors (Lipinski definition) is 4. The van der Waals surface area contributed by atoms with Crippen LogP contribution in [0.3, 0.4) is 0 Å². The summed E-state index contributed by atoms with van der Waals surface area (Å²) in [6, 6.07) is 1.42. The van der Waals surface area contributed by atoms with Gasteiger partial charge < -0.3 is 19.9 Å². The second-order valence-corrected chi connectivity index (χ2v) is 11.4. The number of halogens is 2. The summed E-state index contributed by atoms with van der Waals surface area (Å²) in [5, 5.41) is 26.6. The number of nitrogens with one attached hydrogen (secondary N) is 2. The van der Waals surface area contributed by atoms with Crippen molar-refractivity contribution in [3.8, 4) is 0 Å². The van der Waals surface area contributed by atoms with Crippen molar-refractivity contribution in [2.75, 3.05) is 0 Å².